The monoisotopic (exact) mass is 304 g/mol. The minimum absolute atomic E-state index is 0.0676. The molecule has 1 heterocycles. The molecule has 1 aliphatic carbocycles. The standard InChI is InChI=1S/C15H16N2O3S/c1-9-4-3-5-11-13(9)17(8-12(18)20-2)15(21-11)16-14(19)10-6-7-10/h3-5,10H,6-8H2,1-2H3. The third-order valence-corrected chi connectivity index (χ3v) is 4.59. The summed E-state index contributed by atoms with van der Waals surface area (Å²) in [6.07, 6.45) is 1.84. The lowest BCUT2D eigenvalue weighted by atomic mass is 10.2. The van der Waals surface area contributed by atoms with Crippen molar-refractivity contribution in [3.63, 3.8) is 0 Å². The fourth-order valence-corrected chi connectivity index (χ4v) is 3.36. The molecule has 0 saturated heterocycles. The molecule has 0 N–H and O–H groups in total. The molecule has 1 aromatic heterocycles. The van der Waals surface area contributed by atoms with Gasteiger partial charge in [0.15, 0.2) is 4.80 Å². The van der Waals surface area contributed by atoms with Gasteiger partial charge >= 0.3 is 5.97 Å². The number of esters is 1. The van der Waals surface area contributed by atoms with Crippen LogP contribution in [0.25, 0.3) is 10.2 Å². The Bertz CT molecular complexity index is 784. The van der Waals surface area contributed by atoms with Gasteiger partial charge in [-0.25, -0.2) is 0 Å². The molecule has 2 aromatic rings. The summed E-state index contributed by atoms with van der Waals surface area (Å²) in [7, 11) is 1.36. The molecule has 0 spiro atoms. The number of rotatable bonds is 3. The number of benzene rings is 1. The average Bonchev–Trinajstić information content (AvgIpc) is 3.25. The molecule has 1 aromatic carbocycles. The van der Waals surface area contributed by atoms with Crippen molar-refractivity contribution in [2.24, 2.45) is 10.9 Å². The van der Waals surface area contributed by atoms with Gasteiger partial charge in [-0.3, -0.25) is 9.59 Å². The van der Waals surface area contributed by atoms with E-state index in [0.29, 0.717) is 4.80 Å². The molecular formula is C15H16N2O3S. The van der Waals surface area contributed by atoms with Gasteiger partial charge < -0.3 is 9.30 Å². The highest BCUT2D eigenvalue weighted by molar-refractivity contribution is 7.16. The first-order chi connectivity index (χ1) is 10.1. The van der Waals surface area contributed by atoms with Crippen molar-refractivity contribution in [1.29, 1.82) is 0 Å². The van der Waals surface area contributed by atoms with Crippen LogP contribution in [0.3, 0.4) is 0 Å². The molecule has 110 valence electrons. The third-order valence-electron chi connectivity index (χ3n) is 3.55. The van der Waals surface area contributed by atoms with Crippen molar-refractivity contribution < 1.29 is 14.3 Å². The van der Waals surface area contributed by atoms with Gasteiger partial charge in [0.1, 0.15) is 6.54 Å². The molecule has 21 heavy (non-hydrogen) atoms. The number of ether oxygens (including phenoxy) is 1. The highest BCUT2D eigenvalue weighted by Crippen LogP contribution is 2.30. The van der Waals surface area contributed by atoms with Crippen LogP contribution < -0.4 is 4.80 Å². The van der Waals surface area contributed by atoms with Crippen molar-refractivity contribution in [2.45, 2.75) is 26.3 Å². The van der Waals surface area contributed by atoms with Gasteiger partial charge in [0.25, 0.3) is 5.91 Å². The van der Waals surface area contributed by atoms with Crippen LogP contribution in [0, 0.1) is 12.8 Å². The molecule has 1 aliphatic rings. The molecule has 1 amide bonds. The van der Waals surface area contributed by atoms with Crippen LogP contribution in [0.5, 0.6) is 0 Å². The Balaban J connectivity index is 2.17. The van der Waals surface area contributed by atoms with E-state index in [0.717, 1.165) is 28.6 Å². The average molecular weight is 304 g/mol. The summed E-state index contributed by atoms with van der Waals surface area (Å²) in [5.41, 5.74) is 1.99. The molecule has 0 atom stereocenters. The van der Waals surface area contributed by atoms with Crippen LogP contribution in [0.1, 0.15) is 18.4 Å². The molecule has 6 heteroatoms. The Morgan fingerprint density at radius 3 is 2.86 bits per heavy atom. The second-order valence-corrected chi connectivity index (χ2v) is 6.20. The molecule has 0 aliphatic heterocycles. The number of carbonyl (C=O) groups is 2. The zero-order valence-corrected chi connectivity index (χ0v) is 12.8. The maximum Gasteiger partial charge on any atom is 0.325 e. The second kappa shape index (κ2) is 5.44. The first-order valence-corrected chi connectivity index (χ1v) is 7.66. The van der Waals surface area contributed by atoms with Crippen molar-refractivity contribution in [2.75, 3.05) is 7.11 Å². The molecule has 0 radical (unpaired) electrons. The van der Waals surface area contributed by atoms with Gasteiger partial charge in [0.2, 0.25) is 0 Å². The Morgan fingerprint density at radius 1 is 1.43 bits per heavy atom. The third kappa shape index (κ3) is 2.76. The predicted octanol–water partition coefficient (Wildman–Crippen LogP) is 2.02. The smallest absolute Gasteiger partial charge is 0.325 e. The van der Waals surface area contributed by atoms with Crippen LogP contribution in [0.4, 0.5) is 0 Å². The minimum Gasteiger partial charge on any atom is -0.468 e. The predicted molar refractivity (Wildman–Crippen MR) is 79.9 cm³/mol. The van der Waals surface area contributed by atoms with E-state index >= 15 is 0 Å². The first-order valence-electron chi connectivity index (χ1n) is 6.84. The van der Waals surface area contributed by atoms with Gasteiger partial charge in [-0.2, -0.15) is 4.99 Å². The Hall–Kier alpha value is -1.95. The number of carbonyl (C=O) groups excluding carboxylic acids is 2. The van der Waals surface area contributed by atoms with E-state index in [9.17, 15) is 9.59 Å². The number of methoxy groups -OCH3 is 1. The first kappa shape index (κ1) is 14.0. The minimum atomic E-state index is -0.349. The number of amides is 1. The lowest BCUT2D eigenvalue weighted by Crippen LogP contribution is -2.23. The summed E-state index contributed by atoms with van der Waals surface area (Å²) < 4.78 is 7.54. The van der Waals surface area contributed by atoms with Crippen molar-refractivity contribution >= 4 is 33.4 Å². The SMILES string of the molecule is COC(=O)Cn1c(=NC(=O)C2CC2)sc2cccc(C)c21. The van der Waals surface area contributed by atoms with Crippen LogP contribution in [0.15, 0.2) is 23.2 Å². The summed E-state index contributed by atoms with van der Waals surface area (Å²) >= 11 is 1.43. The van der Waals surface area contributed by atoms with Gasteiger partial charge in [0, 0.05) is 5.92 Å². The lowest BCUT2D eigenvalue weighted by Gasteiger charge is -2.05. The van der Waals surface area contributed by atoms with E-state index in [-0.39, 0.29) is 24.3 Å². The van der Waals surface area contributed by atoms with Gasteiger partial charge in [-0.05, 0) is 31.4 Å². The molecule has 0 unspecified atom stereocenters. The lowest BCUT2D eigenvalue weighted by molar-refractivity contribution is -0.141. The Kier molecular flexibility index (Phi) is 3.63. The number of fused-ring (bicyclic) bond motifs is 1. The molecule has 1 saturated carbocycles. The fraction of sp³-hybridized carbons (Fsp3) is 0.400. The quantitative estimate of drug-likeness (QED) is 0.815. The topological polar surface area (TPSA) is 60.7 Å². The number of nitrogens with zero attached hydrogens (tertiary/aromatic N) is 2. The highest BCUT2D eigenvalue weighted by Gasteiger charge is 2.29. The molecule has 0 bridgehead atoms. The van der Waals surface area contributed by atoms with Crippen LogP contribution in [0.2, 0.25) is 0 Å². The largest absolute Gasteiger partial charge is 0.468 e. The zero-order valence-electron chi connectivity index (χ0n) is 12.0. The summed E-state index contributed by atoms with van der Waals surface area (Å²) in [6.45, 7) is 2.05. The molecule has 3 rings (SSSR count). The number of thiazole rings is 1. The van der Waals surface area contributed by atoms with Crippen molar-refractivity contribution in [1.82, 2.24) is 4.57 Å². The summed E-state index contributed by atoms with van der Waals surface area (Å²) in [4.78, 5) is 28.4. The summed E-state index contributed by atoms with van der Waals surface area (Å²) in [6, 6.07) is 5.92. The van der Waals surface area contributed by atoms with E-state index in [2.05, 4.69) is 4.99 Å². The van der Waals surface area contributed by atoms with Gasteiger partial charge in [0.05, 0.1) is 17.3 Å². The zero-order chi connectivity index (χ0) is 15.0. The van der Waals surface area contributed by atoms with Crippen molar-refractivity contribution in [3.05, 3.63) is 28.6 Å². The highest BCUT2D eigenvalue weighted by atomic mass is 32.1. The number of hydrogen-bond donors (Lipinski definition) is 0. The number of aromatic nitrogens is 1. The fourth-order valence-electron chi connectivity index (χ4n) is 2.25. The Labute approximate surface area is 125 Å². The van der Waals surface area contributed by atoms with Crippen molar-refractivity contribution in [3.8, 4) is 0 Å². The number of hydrogen-bond acceptors (Lipinski definition) is 4. The molecule has 5 nitrogen and oxygen atoms in total. The van der Waals surface area contributed by atoms with Crippen LogP contribution >= 0.6 is 11.3 Å². The maximum atomic E-state index is 12.0. The van der Waals surface area contributed by atoms with Gasteiger partial charge in [-0.15, -0.1) is 0 Å². The summed E-state index contributed by atoms with van der Waals surface area (Å²) in [5.74, 6) is -0.362. The number of aryl methyl sites for hydroxylation is 1. The van der Waals surface area contributed by atoms with E-state index in [1.807, 2.05) is 25.1 Å². The van der Waals surface area contributed by atoms with Crippen LogP contribution in [-0.2, 0) is 20.9 Å². The van der Waals surface area contributed by atoms with E-state index in [1.165, 1.54) is 18.4 Å². The Morgan fingerprint density at radius 2 is 2.19 bits per heavy atom. The normalized spacial score (nSPS) is 15.4. The van der Waals surface area contributed by atoms with Crippen LogP contribution in [-0.4, -0.2) is 23.6 Å². The number of para-hydroxylation sites is 1. The molecular weight excluding hydrogens is 288 g/mol. The van der Waals surface area contributed by atoms with E-state index in [1.54, 1.807) is 4.57 Å². The van der Waals surface area contributed by atoms with E-state index in [4.69, 9.17) is 4.74 Å². The molecule has 1 fully saturated rings. The van der Waals surface area contributed by atoms with E-state index < -0.39 is 0 Å². The second-order valence-electron chi connectivity index (χ2n) is 5.19. The summed E-state index contributed by atoms with van der Waals surface area (Å²) in [5, 5.41) is 0. The maximum absolute atomic E-state index is 12.0. The van der Waals surface area contributed by atoms with Gasteiger partial charge in [-0.1, -0.05) is 23.5 Å².